The second kappa shape index (κ2) is 6.10. The lowest BCUT2D eigenvalue weighted by atomic mass is 10.1. The zero-order valence-electron chi connectivity index (χ0n) is 10.8. The highest BCUT2D eigenvalue weighted by Crippen LogP contribution is 2.24. The summed E-state index contributed by atoms with van der Waals surface area (Å²) in [7, 11) is 1.23. The lowest BCUT2D eigenvalue weighted by Gasteiger charge is -2.07. The number of ether oxygens (including phenoxy) is 1. The Morgan fingerprint density at radius 1 is 1.15 bits per heavy atom. The van der Waals surface area contributed by atoms with E-state index in [0.717, 1.165) is 11.6 Å². The van der Waals surface area contributed by atoms with Crippen molar-refractivity contribution < 1.29 is 18.3 Å². The van der Waals surface area contributed by atoms with Crippen LogP contribution in [0.4, 0.5) is 8.78 Å². The summed E-state index contributed by atoms with van der Waals surface area (Å²) in [5.74, 6) is -2.50. The molecule has 0 atom stereocenters. The van der Waals surface area contributed by atoms with Crippen LogP contribution in [-0.2, 0) is 0 Å². The van der Waals surface area contributed by atoms with Crippen LogP contribution >= 0.6 is 0 Å². The van der Waals surface area contributed by atoms with Crippen LogP contribution in [0.15, 0.2) is 48.5 Å². The van der Waals surface area contributed by atoms with Crippen LogP contribution in [0.25, 0.3) is 6.08 Å². The Bertz CT molecular complexity index is 649. The van der Waals surface area contributed by atoms with Gasteiger partial charge in [0.25, 0.3) is 0 Å². The molecule has 2 nitrogen and oxygen atoms in total. The fourth-order valence-corrected chi connectivity index (χ4v) is 1.78. The van der Waals surface area contributed by atoms with E-state index in [1.165, 1.54) is 13.2 Å². The van der Waals surface area contributed by atoms with Crippen molar-refractivity contribution in [3.05, 3.63) is 71.3 Å². The van der Waals surface area contributed by atoms with E-state index in [1.807, 2.05) is 30.3 Å². The topological polar surface area (TPSA) is 26.3 Å². The van der Waals surface area contributed by atoms with Crippen molar-refractivity contribution in [3.63, 3.8) is 0 Å². The molecule has 0 saturated carbocycles. The van der Waals surface area contributed by atoms with E-state index in [9.17, 15) is 13.6 Å². The summed E-state index contributed by atoms with van der Waals surface area (Å²) in [5.41, 5.74) is 0.675. The van der Waals surface area contributed by atoms with Gasteiger partial charge in [0, 0.05) is 6.07 Å². The molecule has 2 aromatic rings. The molecule has 0 N–H and O–H groups in total. The fourth-order valence-electron chi connectivity index (χ4n) is 1.78. The first-order chi connectivity index (χ1) is 9.61. The molecule has 0 aliphatic heterocycles. The Balaban J connectivity index is 2.32. The number of benzene rings is 2. The normalized spacial score (nSPS) is 10.8. The number of hydrogen-bond donors (Lipinski definition) is 0. The fraction of sp³-hybridized carbons (Fsp3) is 0.0625. The van der Waals surface area contributed by atoms with Crippen LogP contribution in [0, 0.1) is 11.6 Å². The largest absolute Gasteiger partial charge is 0.493 e. The molecule has 0 aliphatic carbocycles. The summed E-state index contributed by atoms with van der Waals surface area (Å²) in [6.07, 6.45) is 2.83. The first-order valence-corrected chi connectivity index (χ1v) is 5.92. The van der Waals surface area contributed by atoms with Crippen LogP contribution in [0.3, 0.4) is 0 Å². The lowest BCUT2D eigenvalue weighted by molar-refractivity contribution is 0.104. The third-order valence-electron chi connectivity index (χ3n) is 2.70. The third kappa shape index (κ3) is 3.09. The van der Waals surface area contributed by atoms with E-state index in [0.29, 0.717) is 6.07 Å². The maximum atomic E-state index is 13.5. The molecule has 0 unspecified atom stereocenters. The Morgan fingerprint density at radius 3 is 2.50 bits per heavy atom. The van der Waals surface area contributed by atoms with Crippen molar-refractivity contribution in [2.75, 3.05) is 7.11 Å². The van der Waals surface area contributed by atoms with Gasteiger partial charge in [-0.2, -0.15) is 0 Å². The monoisotopic (exact) mass is 274 g/mol. The van der Waals surface area contributed by atoms with Crippen LogP contribution in [0.5, 0.6) is 5.75 Å². The summed E-state index contributed by atoms with van der Waals surface area (Å²) < 4.78 is 31.5. The van der Waals surface area contributed by atoms with Crippen LogP contribution in [0.1, 0.15) is 15.9 Å². The minimum atomic E-state index is -0.899. The van der Waals surface area contributed by atoms with Crippen molar-refractivity contribution in [1.82, 2.24) is 0 Å². The highest BCUT2D eigenvalue weighted by Gasteiger charge is 2.16. The first-order valence-electron chi connectivity index (χ1n) is 5.92. The van der Waals surface area contributed by atoms with Crippen LogP contribution < -0.4 is 4.74 Å². The highest BCUT2D eigenvalue weighted by atomic mass is 19.1. The van der Waals surface area contributed by atoms with Gasteiger partial charge in [-0.15, -0.1) is 0 Å². The molecule has 0 bridgehead atoms. The van der Waals surface area contributed by atoms with E-state index >= 15 is 0 Å². The van der Waals surface area contributed by atoms with E-state index < -0.39 is 17.4 Å². The summed E-state index contributed by atoms with van der Waals surface area (Å²) in [4.78, 5) is 12.0. The average Bonchev–Trinajstić information content (AvgIpc) is 2.45. The van der Waals surface area contributed by atoms with Gasteiger partial charge in [0.2, 0.25) is 0 Å². The SMILES string of the molecule is COc1c(F)cc(F)cc1C(=O)/C=C/c1ccccc1. The molecule has 0 fully saturated rings. The molecule has 0 amide bonds. The molecular weight excluding hydrogens is 262 g/mol. The molecule has 4 heteroatoms. The quantitative estimate of drug-likeness (QED) is 0.625. The molecule has 2 aromatic carbocycles. The van der Waals surface area contributed by atoms with Crippen molar-refractivity contribution in [2.24, 2.45) is 0 Å². The maximum absolute atomic E-state index is 13.5. The van der Waals surface area contributed by atoms with Gasteiger partial charge < -0.3 is 4.74 Å². The lowest BCUT2D eigenvalue weighted by Crippen LogP contribution is -2.02. The second-order valence-corrected chi connectivity index (χ2v) is 4.08. The molecule has 0 aliphatic rings. The minimum Gasteiger partial charge on any atom is -0.493 e. The van der Waals surface area contributed by atoms with Crippen molar-refractivity contribution in [3.8, 4) is 5.75 Å². The van der Waals surface area contributed by atoms with Gasteiger partial charge in [-0.25, -0.2) is 8.78 Å². The number of hydrogen-bond acceptors (Lipinski definition) is 2. The summed E-state index contributed by atoms with van der Waals surface area (Å²) in [5, 5.41) is 0. The van der Waals surface area contributed by atoms with Gasteiger partial charge in [-0.3, -0.25) is 4.79 Å². The molecule has 0 saturated heterocycles. The molecule has 0 spiro atoms. The number of methoxy groups -OCH3 is 1. The molecule has 0 aromatic heterocycles. The third-order valence-corrected chi connectivity index (χ3v) is 2.70. The highest BCUT2D eigenvalue weighted by molar-refractivity contribution is 6.08. The van der Waals surface area contributed by atoms with E-state index in [1.54, 1.807) is 6.08 Å². The average molecular weight is 274 g/mol. The van der Waals surface area contributed by atoms with E-state index in [-0.39, 0.29) is 11.3 Å². The van der Waals surface area contributed by atoms with Gasteiger partial charge in [-0.1, -0.05) is 36.4 Å². The Hall–Kier alpha value is -2.49. The molecule has 2 rings (SSSR count). The molecule has 0 heterocycles. The van der Waals surface area contributed by atoms with Gasteiger partial charge >= 0.3 is 0 Å². The molecule has 20 heavy (non-hydrogen) atoms. The predicted molar refractivity (Wildman–Crippen MR) is 72.7 cm³/mol. The summed E-state index contributed by atoms with van der Waals surface area (Å²) in [6.45, 7) is 0. The Kier molecular flexibility index (Phi) is 4.25. The van der Waals surface area contributed by atoms with E-state index in [4.69, 9.17) is 4.74 Å². The maximum Gasteiger partial charge on any atom is 0.189 e. The summed E-state index contributed by atoms with van der Waals surface area (Å²) >= 11 is 0. The molecule has 102 valence electrons. The zero-order chi connectivity index (χ0) is 14.5. The Labute approximate surface area is 115 Å². The van der Waals surface area contributed by atoms with Gasteiger partial charge in [0.15, 0.2) is 17.3 Å². The number of ketones is 1. The Morgan fingerprint density at radius 2 is 1.85 bits per heavy atom. The molecule has 0 radical (unpaired) electrons. The van der Waals surface area contributed by atoms with E-state index in [2.05, 4.69) is 0 Å². The first kappa shape index (κ1) is 13.9. The second-order valence-electron chi connectivity index (χ2n) is 4.08. The van der Waals surface area contributed by atoms with Crippen LogP contribution in [-0.4, -0.2) is 12.9 Å². The van der Waals surface area contributed by atoms with Gasteiger partial charge in [0.1, 0.15) is 5.82 Å². The van der Waals surface area contributed by atoms with Gasteiger partial charge in [0.05, 0.1) is 12.7 Å². The smallest absolute Gasteiger partial charge is 0.189 e. The van der Waals surface area contributed by atoms with Crippen LogP contribution in [0.2, 0.25) is 0 Å². The number of rotatable bonds is 4. The standard InChI is InChI=1S/C16H12F2O2/c1-20-16-13(9-12(17)10-14(16)18)15(19)8-7-11-5-3-2-4-6-11/h2-10H,1H3/b8-7+. The number of carbonyl (C=O) groups is 1. The summed E-state index contributed by atoms with van der Waals surface area (Å²) in [6, 6.07) is 10.8. The van der Waals surface area contributed by atoms with Crippen molar-refractivity contribution in [2.45, 2.75) is 0 Å². The number of carbonyl (C=O) groups excluding carboxylic acids is 1. The van der Waals surface area contributed by atoms with Gasteiger partial charge in [-0.05, 0) is 17.7 Å². The predicted octanol–water partition coefficient (Wildman–Crippen LogP) is 3.87. The number of halogens is 2. The zero-order valence-corrected chi connectivity index (χ0v) is 10.8. The van der Waals surface area contributed by atoms with Crippen molar-refractivity contribution >= 4 is 11.9 Å². The van der Waals surface area contributed by atoms with Crippen molar-refractivity contribution in [1.29, 1.82) is 0 Å². The number of allylic oxidation sites excluding steroid dienone is 1. The minimum absolute atomic E-state index is 0.141. The molecular formula is C16H12F2O2.